The summed E-state index contributed by atoms with van der Waals surface area (Å²) < 4.78 is 0. The fraction of sp³-hybridized carbons (Fsp3) is 0.292. The molecule has 0 radical (unpaired) electrons. The van der Waals surface area contributed by atoms with E-state index in [9.17, 15) is 4.79 Å². The Hall–Kier alpha value is -3.25. The second kappa shape index (κ2) is 8.63. The topological polar surface area (TPSA) is 61.4 Å². The van der Waals surface area contributed by atoms with Crippen LogP contribution < -0.4 is 10.2 Å². The van der Waals surface area contributed by atoms with Crippen LogP contribution >= 0.6 is 0 Å². The molecule has 6 heteroatoms. The largest absolute Gasteiger partial charge is 0.353 e. The van der Waals surface area contributed by atoms with Crippen LogP contribution in [0.5, 0.6) is 0 Å². The molecule has 1 N–H and O–H groups in total. The van der Waals surface area contributed by atoms with E-state index in [4.69, 9.17) is 0 Å². The van der Waals surface area contributed by atoms with E-state index < -0.39 is 0 Å². The molecule has 6 nitrogen and oxygen atoms in total. The minimum Gasteiger partial charge on any atom is -0.353 e. The van der Waals surface area contributed by atoms with Crippen LogP contribution in [0.25, 0.3) is 11.3 Å². The van der Waals surface area contributed by atoms with Crippen LogP contribution in [-0.4, -0.2) is 54.2 Å². The first kappa shape index (κ1) is 20.0. The van der Waals surface area contributed by atoms with E-state index in [-0.39, 0.29) is 5.91 Å². The monoisotopic (exact) mass is 401 g/mol. The van der Waals surface area contributed by atoms with Gasteiger partial charge in [-0.2, -0.15) is 0 Å². The first-order valence-corrected chi connectivity index (χ1v) is 10.3. The number of aryl methyl sites for hydroxylation is 2. The van der Waals surface area contributed by atoms with Crippen LogP contribution in [0.3, 0.4) is 0 Å². The Kier molecular flexibility index (Phi) is 5.77. The van der Waals surface area contributed by atoms with Gasteiger partial charge in [-0.3, -0.25) is 4.79 Å². The molecule has 1 amide bonds. The summed E-state index contributed by atoms with van der Waals surface area (Å²) in [5.74, 6) is 0.815. The second-order valence-corrected chi connectivity index (χ2v) is 7.97. The molecule has 0 aliphatic carbocycles. The number of amides is 1. The smallest absolute Gasteiger partial charge is 0.255 e. The Morgan fingerprint density at radius 2 is 1.53 bits per heavy atom. The van der Waals surface area contributed by atoms with Crippen molar-refractivity contribution in [3.63, 3.8) is 0 Å². The van der Waals surface area contributed by atoms with E-state index in [2.05, 4.69) is 38.4 Å². The molecule has 154 valence electrons. The Morgan fingerprint density at radius 3 is 2.13 bits per heavy atom. The zero-order valence-corrected chi connectivity index (χ0v) is 17.7. The molecule has 1 saturated heterocycles. The summed E-state index contributed by atoms with van der Waals surface area (Å²) in [6.45, 7) is 8.01. The summed E-state index contributed by atoms with van der Waals surface area (Å²) in [6, 6.07) is 17.6. The van der Waals surface area contributed by atoms with Crippen LogP contribution in [0.2, 0.25) is 0 Å². The lowest BCUT2D eigenvalue weighted by atomic mass is 10.1. The van der Waals surface area contributed by atoms with Gasteiger partial charge in [-0.15, -0.1) is 10.2 Å². The molecule has 0 spiro atoms. The maximum absolute atomic E-state index is 12.5. The summed E-state index contributed by atoms with van der Waals surface area (Å²) >= 11 is 0. The summed E-state index contributed by atoms with van der Waals surface area (Å²) in [5.41, 5.74) is 5.37. The summed E-state index contributed by atoms with van der Waals surface area (Å²) in [6.07, 6.45) is 0. The number of carbonyl (C=O) groups excluding carboxylic acids is 1. The Balaban J connectivity index is 1.42. The fourth-order valence-electron chi connectivity index (χ4n) is 3.72. The van der Waals surface area contributed by atoms with Crippen molar-refractivity contribution in [3.05, 3.63) is 71.3 Å². The van der Waals surface area contributed by atoms with Gasteiger partial charge < -0.3 is 15.1 Å². The first-order valence-electron chi connectivity index (χ1n) is 10.3. The van der Waals surface area contributed by atoms with Gasteiger partial charge in [0.2, 0.25) is 0 Å². The van der Waals surface area contributed by atoms with Crippen LogP contribution in [-0.2, 0) is 0 Å². The van der Waals surface area contributed by atoms with Gasteiger partial charge in [-0.05, 0) is 57.3 Å². The lowest BCUT2D eigenvalue weighted by molar-refractivity contribution is 0.102. The summed E-state index contributed by atoms with van der Waals surface area (Å²) in [7, 11) is 2.14. The van der Waals surface area contributed by atoms with Gasteiger partial charge in [0, 0.05) is 43.0 Å². The zero-order valence-electron chi connectivity index (χ0n) is 17.7. The van der Waals surface area contributed by atoms with E-state index in [1.54, 1.807) is 0 Å². The molecule has 3 aromatic rings. The first-order chi connectivity index (χ1) is 14.5. The third-order valence-corrected chi connectivity index (χ3v) is 5.40. The molecule has 1 aliphatic rings. The SMILES string of the molecule is Cc1cc(C)cc(C(=O)Nc2ccc(-c3ccc(N4CCN(C)CC4)nn3)cc2)c1. The Bertz CT molecular complexity index is 1000. The van der Waals surface area contributed by atoms with Crippen molar-refractivity contribution in [2.75, 3.05) is 43.4 Å². The average molecular weight is 402 g/mol. The maximum atomic E-state index is 12.5. The van der Waals surface area contributed by atoms with Crippen molar-refractivity contribution in [3.8, 4) is 11.3 Å². The third kappa shape index (κ3) is 4.66. The number of rotatable bonds is 4. The normalized spacial score (nSPS) is 14.6. The molecule has 0 unspecified atom stereocenters. The predicted molar refractivity (Wildman–Crippen MR) is 121 cm³/mol. The molecule has 0 atom stereocenters. The molecule has 1 fully saturated rings. The van der Waals surface area contributed by atoms with Gasteiger partial charge >= 0.3 is 0 Å². The molecule has 1 aliphatic heterocycles. The molecule has 1 aromatic heterocycles. The number of likely N-dealkylation sites (N-methyl/N-ethyl adjacent to an activating group) is 1. The highest BCUT2D eigenvalue weighted by Crippen LogP contribution is 2.22. The van der Waals surface area contributed by atoms with E-state index in [1.165, 1.54) is 0 Å². The second-order valence-electron chi connectivity index (χ2n) is 7.97. The number of nitrogens with zero attached hydrogens (tertiary/aromatic N) is 4. The maximum Gasteiger partial charge on any atom is 0.255 e. The van der Waals surface area contributed by atoms with Crippen molar-refractivity contribution < 1.29 is 4.79 Å². The predicted octanol–water partition coefficient (Wildman–Crippen LogP) is 3.76. The van der Waals surface area contributed by atoms with Crippen molar-refractivity contribution in [1.29, 1.82) is 0 Å². The van der Waals surface area contributed by atoms with E-state index in [0.717, 1.165) is 60.1 Å². The highest BCUT2D eigenvalue weighted by Gasteiger charge is 2.15. The molecule has 4 rings (SSSR count). The minimum absolute atomic E-state index is 0.106. The Labute approximate surface area is 177 Å². The molecular weight excluding hydrogens is 374 g/mol. The zero-order chi connectivity index (χ0) is 21.1. The van der Waals surface area contributed by atoms with E-state index in [1.807, 2.05) is 62.4 Å². The van der Waals surface area contributed by atoms with Gasteiger partial charge in [0.15, 0.2) is 5.82 Å². The number of benzene rings is 2. The van der Waals surface area contributed by atoms with Gasteiger partial charge in [0.05, 0.1) is 5.69 Å². The van der Waals surface area contributed by atoms with E-state index in [0.29, 0.717) is 5.56 Å². The molecule has 2 aromatic carbocycles. The molecule has 30 heavy (non-hydrogen) atoms. The van der Waals surface area contributed by atoms with Crippen molar-refractivity contribution in [2.45, 2.75) is 13.8 Å². The number of nitrogens with one attached hydrogen (secondary N) is 1. The van der Waals surface area contributed by atoms with Crippen LogP contribution in [0.1, 0.15) is 21.5 Å². The summed E-state index contributed by atoms with van der Waals surface area (Å²) in [4.78, 5) is 17.1. The third-order valence-electron chi connectivity index (χ3n) is 5.40. The number of aromatic nitrogens is 2. The molecule has 2 heterocycles. The lowest BCUT2D eigenvalue weighted by Gasteiger charge is -2.32. The van der Waals surface area contributed by atoms with Crippen LogP contribution in [0.4, 0.5) is 11.5 Å². The van der Waals surface area contributed by atoms with Gasteiger partial charge in [0.25, 0.3) is 5.91 Å². The van der Waals surface area contributed by atoms with Gasteiger partial charge in [0.1, 0.15) is 0 Å². The number of hydrogen-bond donors (Lipinski definition) is 1. The summed E-state index contributed by atoms with van der Waals surface area (Å²) in [5, 5.41) is 11.8. The number of anilines is 2. The van der Waals surface area contributed by atoms with Crippen LogP contribution in [0.15, 0.2) is 54.6 Å². The van der Waals surface area contributed by atoms with Crippen LogP contribution in [0, 0.1) is 13.8 Å². The van der Waals surface area contributed by atoms with E-state index >= 15 is 0 Å². The fourth-order valence-corrected chi connectivity index (χ4v) is 3.72. The van der Waals surface area contributed by atoms with Crippen molar-refractivity contribution in [1.82, 2.24) is 15.1 Å². The Morgan fingerprint density at radius 1 is 0.867 bits per heavy atom. The highest BCUT2D eigenvalue weighted by molar-refractivity contribution is 6.04. The molecule has 0 bridgehead atoms. The van der Waals surface area contributed by atoms with Crippen molar-refractivity contribution in [2.24, 2.45) is 0 Å². The number of piperazine rings is 1. The van der Waals surface area contributed by atoms with Gasteiger partial charge in [-0.1, -0.05) is 29.3 Å². The number of hydrogen-bond acceptors (Lipinski definition) is 5. The average Bonchev–Trinajstić information content (AvgIpc) is 2.74. The highest BCUT2D eigenvalue weighted by atomic mass is 16.1. The number of carbonyl (C=O) groups is 1. The van der Waals surface area contributed by atoms with Crippen molar-refractivity contribution >= 4 is 17.4 Å². The standard InChI is InChI=1S/C24H27N5O/c1-17-14-18(2)16-20(15-17)24(30)25-21-6-4-19(5-7-21)22-8-9-23(27-26-22)29-12-10-28(3)11-13-29/h4-9,14-16H,10-13H2,1-3H3,(H,25,30). The molecular formula is C24H27N5O. The minimum atomic E-state index is -0.106. The lowest BCUT2D eigenvalue weighted by Crippen LogP contribution is -2.44. The quantitative estimate of drug-likeness (QED) is 0.721. The van der Waals surface area contributed by atoms with Gasteiger partial charge in [-0.25, -0.2) is 0 Å². The molecule has 0 saturated carbocycles.